The molecule has 4 atom stereocenters. The largest absolute Gasteiger partial charge is 0.748 e. The zero-order valence-corrected chi connectivity index (χ0v) is 63.5. The number of aromatic hydroxyl groups is 2. The summed E-state index contributed by atoms with van der Waals surface area (Å²) >= 11 is 4.00. The van der Waals surface area contributed by atoms with Gasteiger partial charge in [-0.3, -0.25) is 29.3 Å². The highest BCUT2D eigenvalue weighted by molar-refractivity contribution is 14.1. The van der Waals surface area contributed by atoms with Crippen molar-refractivity contribution in [2.75, 3.05) is 5.75 Å². The van der Waals surface area contributed by atoms with E-state index >= 15 is 0 Å². The van der Waals surface area contributed by atoms with Crippen molar-refractivity contribution in [3.05, 3.63) is 134 Å². The number of alkyl halides is 3. The molecule has 1 aromatic heterocycles. The number of nitrogens with one attached hydrogen (secondary N) is 1. The van der Waals surface area contributed by atoms with E-state index in [9.17, 15) is 55.2 Å². The second-order valence-electron chi connectivity index (χ2n) is 28.6. The van der Waals surface area contributed by atoms with E-state index in [0.717, 1.165) is 35.7 Å². The lowest BCUT2D eigenvalue weighted by Gasteiger charge is -2.60. The summed E-state index contributed by atoms with van der Waals surface area (Å²) in [5.74, 6) is -3.11. The fraction of sp³-hybridized carbons (Fsp3) is 0.533. The Morgan fingerprint density at radius 2 is 1.18 bits per heavy atom. The first-order valence-electron chi connectivity index (χ1n) is 33.2. The minimum atomic E-state index is -5.27. The number of rotatable bonds is 17. The van der Waals surface area contributed by atoms with E-state index < -0.39 is 67.8 Å². The summed E-state index contributed by atoms with van der Waals surface area (Å²) < 4.78 is 93.2. The number of hydrogen-bond donors (Lipinski definition) is 3. The van der Waals surface area contributed by atoms with E-state index in [4.69, 9.17) is 14.6 Å². The molecule has 0 saturated heterocycles. The van der Waals surface area contributed by atoms with Crippen LogP contribution in [-0.2, 0) is 43.5 Å². The first kappa shape index (κ1) is 79.6. The van der Waals surface area contributed by atoms with Gasteiger partial charge in [0.05, 0.1) is 41.2 Å². The fourth-order valence-corrected chi connectivity index (χ4v) is 17.7. The summed E-state index contributed by atoms with van der Waals surface area (Å²) in [5, 5.41) is 24.0. The summed E-state index contributed by atoms with van der Waals surface area (Å²) in [6, 6.07) is 39.1. The Morgan fingerprint density at radius 3 is 1.65 bits per heavy atom. The highest BCUT2D eigenvalue weighted by Gasteiger charge is 2.64. The van der Waals surface area contributed by atoms with Crippen LogP contribution in [-0.4, -0.2) is 82.1 Å². The average molecular weight is 1590 g/mol. The van der Waals surface area contributed by atoms with Crippen LogP contribution in [0.2, 0.25) is 0 Å². The molecule has 0 aliphatic heterocycles. The van der Waals surface area contributed by atoms with Gasteiger partial charge in [-0.1, -0.05) is 117 Å². The summed E-state index contributed by atoms with van der Waals surface area (Å²) in [4.78, 5) is 63.2. The molecule has 1 heterocycles. The average Bonchev–Trinajstić information content (AvgIpc) is 1.14. The molecular formula is C75H96F3I2NO13S2. The number of thiophene rings is 1. The van der Waals surface area contributed by atoms with Gasteiger partial charge < -0.3 is 29.0 Å². The van der Waals surface area contributed by atoms with Crippen LogP contribution in [0.1, 0.15) is 202 Å². The van der Waals surface area contributed by atoms with Crippen LogP contribution in [0, 0.1) is 46.6 Å². The Labute approximate surface area is 595 Å². The number of carbonyl (C=O) groups is 5. The molecule has 6 aromatic rings. The van der Waals surface area contributed by atoms with Gasteiger partial charge in [-0.05, 0) is 246 Å². The van der Waals surface area contributed by atoms with Crippen LogP contribution in [0.25, 0.3) is 25.1 Å². The molecule has 14 nitrogen and oxygen atoms in total. The number of amides is 2. The van der Waals surface area contributed by atoms with Crippen molar-refractivity contribution in [3.8, 4) is 16.4 Å². The third-order valence-electron chi connectivity index (χ3n) is 19.9. The molecule has 2 amide bonds. The van der Waals surface area contributed by atoms with Crippen LogP contribution in [0.4, 0.5) is 13.2 Å². The molecule has 5 aromatic carbocycles. The van der Waals surface area contributed by atoms with Crippen LogP contribution in [0.3, 0.4) is 0 Å². The van der Waals surface area contributed by atoms with Gasteiger partial charge in [0.2, 0.25) is 12.0 Å². The molecule has 5 aliphatic rings. The number of hydrogen-bond acceptors (Lipinski definition) is 13. The summed E-state index contributed by atoms with van der Waals surface area (Å²) in [6.07, 6.45) is 1.92. The third-order valence-corrected chi connectivity index (χ3v) is 24.4. The van der Waals surface area contributed by atoms with Gasteiger partial charge in [0, 0.05) is 36.6 Å². The SMILES string of the molecule is CCC(C)(C)C(=O)NC(=O)c1cc(I)cc(I)c1O.CCC(C)(C)C(=O)OC1(C(C)C)CCCC1.CCC(C)(C)C(=O)OC12CC3CC(C1)CC(C(=O)OC(CS(=O)(=O)[O-])C(F)(F)F)(C3)C2.CCC(C)c1ccc(O)cc1.c1ccc(-[s+]2c3ccccc3c3ccccc32)cc1. The minimum absolute atomic E-state index is 0.00100. The van der Waals surface area contributed by atoms with Crippen molar-refractivity contribution in [2.45, 2.75) is 209 Å². The Hall–Kier alpha value is -5.37. The van der Waals surface area contributed by atoms with E-state index in [1.165, 1.54) is 43.5 Å². The van der Waals surface area contributed by atoms with E-state index in [1.807, 2.05) is 69.3 Å². The van der Waals surface area contributed by atoms with E-state index in [0.29, 0.717) is 59.7 Å². The molecule has 0 spiro atoms. The highest BCUT2D eigenvalue weighted by Crippen LogP contribution is 2.64. The minimum Gasteiger partial charge on any atom is -0.748 e. The third kappa shape index (κ3) is 20.2. The molecule has 96 heavy (non-hydrogen) atoms. The van der Waals surface area contributed by atoms with Crippen molar-refractivity contribution >= 4 is 116 Å². The number of carbonyl (C=O) groups excluding carboxylic acids is 5. The van der Waals surface area contributed by atoms with Crippen LogP contribution in [0.15, 0.2) is 115 Å². The topological polar surface area (TPSA) is 223 Å². The maximum Gasteiger partial charge on any atom is 0.426 e. The quantitative estimate of drug-likeness (QED) is 0.0254. The number of imide groups is 1. The molecule has 526 valence electrons. The van der Waals surface area contributed by atoms with E-state index in [2.05, 4.69) is 139 Å². The Kier molecular flexibility index (Phi) is 27.2. The van der Waals surface area contributed by atoms with Crippen molar-refractivity contribution in [2.24, 2.45) is 39.4 Å². The summed E-state index contributed by atoms with van der Waals surface area (Å²) in [7, 11) is -5.21. The lowest BCUT2D eigenvalue weighted by Crippen LogP contribution is -2.61. The smallest absolute Gasteiger partial charge is 0.426 e. The number of halogens is 5. The number of ether oxygens (including phenoxy) is 3. The van der Waals surface area contributed by atoms with Crippen LogP contribution < -0.4 is 5.32 Å². The monoisotopic (exact) mass is 1590 g/mol. The first-order valence-corrected chi connectivity index (χ1v) is 38.2. The molecule has 21 heteroatoms. The number of phenols is 2. The van der Waals surface area contributed by atoms with Crippen molar-refractivity contribution in [3.63, 3.8) is 0 Å². The number of benzene rings is 5. The second-order valence-corrected chi connectivity index (χ2v) is 34.4. The fourth-order valence-electron chi connectivity index (χ4n) is 12.8. The molecule has 5 aliphatic carbocycles. The Balaban J connectivity index is 0.000000198. The van der Waals surface area contributed by atoms with Gasteiger partial charge in [0.25, 0.3) is 5.91 Å². The summed E-state index contributed by atoms with van der Waals surface area (Å²) in [6.45, 7) is 25.4. The molecule has 3 N–H and O–H groups in total. The zero-order valence-electron chi connectivity index (χ0n) is 57.6. The zero-order chi connectivity index (χ0) is 71.6. The standard InChI is InChI=1S/C20H29F3O7S.C18H13S.C14H26O2.C13H15I2NO3.C10H14O/c1-4-17(2,3)15(24)30-19-8-12-5-13(9-19)7-18(6-12,11-19)16(25)29-14(20(21,22)23)10-31(26,27)28;1-2-8-14(9-3-1)19-17-12-6-4-10-15(17)16-11-5-7-13-18(16)19;1-6-13(4,5)12(15)16-14(11(2)3)9-7-8-10-14;1-4-13(2,3)12(19)16-11(18)8-5-7(14)6-9(15)10(8)17;1-3-8(2)9-4-6-10(11)7-5-9/h12-14H,4-11H2,1-3H3,(H,26,27,28);1-13H;11H,6-10H2,1-5H3;5-6,17H,4H2,1-3H3,(H,16,18,19);4-8,11H,3H2,1-2H3/q;+1;;;/p-1. The van der Waals surface area contributed by atoms with E-state index in [1.54, 1.807) is 52.0 Å². The van der Waals surface area contributed by atoms with Gasteiger partial charge in [-0.2, -0.15) is 13.2 Å². The van der Waals surface area contributed by atoms with Crippen molar-refractivity contribution in [1.82, 2.24) is 5.32 Å². The predicted octanol–water partition coefficient (Wildman–Crippen LogP) is 19.2. The van der Waals surface area contributed by atoms with Crippen molar-refractivity contribution < 1.29 is 74.5 Å². The van der Waals surface area contributed by atoms with Crippen molar-refractivity contribution in [1.29, 1.82) is 0 Å². The van der Waals surface area contributed by atoms with Gasteiger partial charge in [0.1, 0.15) is 22.7 Å². The number of phenolic OH excluding ortho intramolecular Hbond substituents is 2. The lowest BCUT2D eigenvalue weighted by atomic mass is 9.48. The predicted molar refractivity (Wildman–Crippen MR) is 389 cm³/mol. The van der Waals surface area contributed by atoms with Gasteiger partial charge in [-0.25, -0.2) is 8.42 Å². The second kappa shape index (κ2) is 32.7. The lowest BCUT2D eigenvalue weighted by molar-refractivity contribution is -0.239. The van der Waals surface area contributed by atoms with E-state index in [-0.39, 0.29) is 62.9 Å². The molecular weight excluding hydrogens is 1500 g/mol. The first-order chi connectivity index (χ1) is 44.7. The van der Waals surface area contributed by atoms with Gasteiger partial charge in [-0.15, -0.1) is 0 Å². The molecule has 11 rings (SSSR count). The Bertz CT molecular complexity index is 3720. The number of esters is 3. The normalized spacial score (nSPS) is 20.2. The maximum absolute atomic E-state index is 13.3. The molecule has 5 fully saturated rings. The molecule has 4 unspecified atom stereocenters. The van der Waals surface area contributed by atoms with Crippen LogP contribution >= 0.6 is 55.7 Å². The Morgan fingerprint density at radius 1 is 0.688 bits per heavy atom. The van der Waals surface area contributed by atoms with Crippen LogP contribution in [0.5, 0.6) is 11.5 Å². The molecule has 4 bridgehead atoms. The summed E-state index contributed by atoms with van der Waals surface area (Å²) in [5.41, 5.74) is -2.67. The molecule has 0 radical (unpaired) electrons. The number of fused-ring (bicyclic) bond motifs is 3. The maximum atomic E-state index is 13.3. The highest BCUT2D eigenvalue weighted by atomic mass is 127. The van der Waals surface area contributed by atoms with Gasteiger partial charge in [0.15, 0.2) is 14.3 Å². The molecule has 5 saturated carbocycles. The van der Waals surface area contributed by atoms with Gasteiger partial charge >= 0.3 is 24.1 Å².